The van der Waals surface area contributed by atoms with E-state index in [9.17, 15) is 4.79 Å². The van der Waals surface area contributed by atoms with Crippen LogP contribution in [-0.2, 0) is 4.74 Å². The van der Waals surface area contributed by atoms with Crippen molar-refractivity contribution in [3.8, 4) is 0 Å². The van der Waals surface area contributed by atoms with E-state index in [-0.39, 0.29) is 11.5 Å². The average Bonchev–Trinajstić information content (AvgIpc) is 2.73. The van der Waals surface area contributed by atoms with E-state index < -0.39 is 0 Å². The monoisotopic (exact) mass is 306 g/mol. The van der Waals surface area contributed by atoms with Gasteiger partial charge in [-0.15, -0.1) is 11.3 Å². The number of aryl methyl sites for hydroxylation is 1. The van der Waals surface area contributed by atoms with Crippen LogP contribution in [0.1, 0.15) is 36.0 Å². The number of carbonyl (C=O) groups excluding carboxylic acids is 1. The summed E-state index contributed by atoms with van der Waals surface area (Å²) in [6, 6.07) is 6.03. The molecule has 21 heavy (non-hydrogen) atoms. The summed E-state index contributed by atoms with van der Waals surface area (Å²) in [4.78, 5) is 12.9. The number of hydrogen-bond donors (Lipinski definition) is 2. The summed E-state index contributed by atoms with van der Waals surface area (Å²) in [5.41, 5.74) is 7.44. The molecule has 0 atom stereocenters. The van der Waals surface area contributed by atoms with Crippen LogP contribution >= 0.6 is 11.3 Å². The van der Waals surface area contributed by atoms with Gasteiger partial charge in [0.15, 0.2) is 0 Å². The number of nitrogens with two attached hydrogens (primary N) is 1. The maximum absolute atomic E-state index is 12.3. The fraction of sp³-hybridized carbons (Fsp3) is 0.438. The third-order valence-corrected chi connectivity index (χ3v) is 4.47. The lowest BCUT2D eigenvalue weighted by atomic mass is 10.1. The summed E-state index contributed by atoms with van der Waals surface area (Å²) in [5, 5.41) is 3.85. The first-order valence-corrected chi connectivity index (χ1v) is 7.86. The number of ether oxygens (including phenoxy) is 1. The summed E-state index contributed by atoms with van der Waals surface area (Å²) in [6.45, 7) is 8.94. The van der Waals surface area contributed by atoms with Crippen molar-refractivity contribution < 1.29 is 9.53 Å². The van der Waals surface area contributed by atoms with E-state index in [1.54, 1.807) is 0 Å². The third-order valence-electron chi connectivity index (χ3n) is 3.30. The van der Waals surface area contributed by atoms with Gasteiger partial charge in [0.25, 0.3) is 5.91 Å². The van der Waals surface area contributed by atoms with E-state index in [4.69, 9.17) is 10.5 Å². The van der Waals surface area contributed by atoms with Crippen molar-refractivity contribution in [2.45, 2.75) is 33.3 Å². The van der Waals surface area contributed by atoms with E-state index in [1.807, 2.05) is 39.8 Å². The highest BCUT2D eigenvalue weighted by Crippen LogP contribution is 2.34. The molecule has 0 aliphatic rings. The molecule has 4 nitrogen and oxygen atoms in total. The lowest BCUT2D eigenvalue weighted by Gasteiger charge is -2.24. The molecule has 2 rings (SSSR count). The first-order chi connectivity index (χ1) is 9.84. The lowest BCUT2D eigenvalue weighted by Crippen LogP contribution is -2.40. The first-order valence-electron chi connectivity index (χ1n) is 7.05. The molecule has 2 aromatic rings. The highest BCUT2D eigenvalue weighted by Gasteiger charge is 2.21. The van der Waals surface area contributed by atoms with Crippen LogP contribution in [0.2, 0.25) is 0 Å². The molecule has 0 fully saturated rings. The Labute approximate surface area is 129 Å². The van der Waals surface area contributed by atoms with Crippen LogP contribution in [-0.4, -0.2) is 24.7 Å². The number of nitrogens with one attached hydrogen (secondary N) is 1. The predicted octanol–water partition coefficient (Wildman–Crippen LogP) is 3.34. The van der Waals surface area contributed by atoms with Gasteiger partial charge in [-0.25, -0.2) is 0 Å². The third kappa shape index (κ3) is 3.54. The number of thiophene rings is 1. The molecule has 0 saturated heterocycles. The highest BCUT2D eigenvalue weighted by atomic mass is 32.1. The smallest absolute Gasteiger partial charge is 0.263 e. The van der Waals surface area contributed by atoms with E-state index in [0.717, 1.165) is 15.6 Å². The van der Waals surface area contributed by atoms with Gasteiger partial charge in [0.2, 0.25) is 0 Å². The number of nitrogen functional groups attached to an aromatic ring is 1. The van der Waals surface area contributed by atoms with Crippen LogP contribution in [0.15, 0.2) is 18.2 Å². The second-order valence-corrected chi connectivity index (χ2v) is 6.77. The Bertz CT molecular complexity index is 662. The predicted molar refractivity (Wildman–Crippen MR) is 89.0 cm³/mol. The number of anilines is 1. The quantitative estimate of drug-likeness (QED) is 0.890. The maximum atomic E-state index is 12.3. The van der Waals surface area contributed by atoms with Gasteiger partial charge in [-0.05, 0) is 39.3 Å². The number of benzene rings is 1. The molecule has 0 unspecified atom stereocenters. The molecule has 0 saturated carbocycles. The van der Waals surface area contributed by atoms with Crippen molar-refractivity contribution in [3.05, 3.63) is 28.6 Å². The second kappa shape index (κ2) is 6.03. The zero-order valence-corrected chi connectivity index (χ0v) is 13.8. The van der Waals surface area contributed by atoms with Gasteiger partial charge in [-0.2, -0.15) is 0 Å². The number of carbonyl (C=O) groups is 1. The lowest BCUT2D eigenvalue weighted by molar-refractivity contribution is -0.00812. The van der Waals surface area contributed by atoms with Gasteiger partial charge in [-0.3, -0.25) is 4.79 Å². The Morgan fingerprint density at radius 3 is 2.81 bits per heavy atom. The molecule has 114 valence electrons. The van der Waals surface area contributed by atoms with Crippen molar-refractivity contribution >= 4 is 33.0 Å². The Balaban J connectivity index is 2.18. The van der Waals surface area contributed by atoms with Crippen molar-refractivity contribution in [1.29, 1.82) is 0 Å². The minimum atomic E-state index is -0.382. The van der Waals surface area contributed by atoms with Crippen LogP contribution in [0.25, 0.3) is 10.1 Å². The zero-order valence-electron chi connectivity index (χ0n) is 12.9. The Hall–Kier alpha value is -1.59. The molecular formula is C16H22N2O2S. The molecule has 0 bridgehead atoms. The van der Waals surface area contributed by atoms with Crippen molar-refractivity contribution in [2.24, 2.45) is 0 Å². The van der Waals surface area contributed by atoms with Crippen molar-refractivity contribution in [2.75, 3.05) is 18.9 Å². The number of amides is 1. The Kier molecular flexibility index (Phi) is 4.54. The number of fused-ring (bicyclic) bond motifs is 1. The molecule has 1 aromatic heterocycles. The van der Waals surface area contributed by atoms with Gasteiger partial charge in [0.05, 0.1) is 11.3 Å². The number of rotatable bonds is 5. The molecule has 1 aromatic carbocycles. The van der Waals surface area contributed by atoms with E-state index in [0.29, 0.717) is 23.7 Å². The van der Waals surface area contributed by atoms with Crippen molar-refractivity contribution in [1.82, 2.24) is 5.32 Å². The van der Waals surface area contributed by atoms with Crippen LogP contribution in [0.4, 0.5) is 5.69 Å². The summed E-state index contributed by atoms with van der Waals surface area (Å²) >= 11 is 1.43. The van der Waals surface area contributed by atoms with E-state index in [1.165, 1.54) is 11.3 Å². The molecule has 0 aliphatic heterocycles. The second-order valence-electron chi connectivity index (χ2n) is 5.72. The van der Waals surface area contributed by atoms with Gasteiger partial charge >= 0.3 is 0 Å². The average molecular weight is 306 g/mol. The van der Waals surface area contributed by atoms with Crippen LogP contribution in [0, 0.1) is 6.92 Å². The van der Waals surface area contributed by atoms with Crippen molar-refractivity contribution in [3.63, 3.8) is 0 Å². The normalized spacial score (nSPS) is 11.8. The maximum Gasteiger partial charge on any atom is 0.263 e. The molecule has 0 spiro atoms. The summed E-state index contributed by atoms with van der Waals surface area (Å²) in [5.74, 6) is -0.140. The SMILES string of the molecule is CCOC(C)(C)CNC(=O)c1sc2cc(C)ccc2c1N. The molecule has 3 N–H and O–H groups in total. The minimum Gasteiger partial charge on any atom is -0.397 e. The van der Waals surface area contributed by atoms with Gasteiger partial charge in [0, 0.05) is 23.2 Å². The van der Waals surface area contributed by atoms with Crippen LogP contribution in [0.3, 0.4) is 0 Å². The zero-order chi connectivity index (χ0) is 15.6. The Morgan fingerprint density at radius 1 is 1.43 bits per heavy atom. The largest absolute Gasteiger partial charge is 0.397 e. The van der Waals surface area contributed by atoms with Crippen LogP contribution in [0.5, 0.6) is 0 Å². The topological polar surface area (TPSA) is 64.3 Å². The highest BCUT2D eigenvalue weighted by molar-refractivity contribution is 7.21. The standard InChI is InChI=1S/C16H22N2O2S/c1-5-20-16(3,4)9-18-15(19)14-13(17)11-7-6-10(2)8-12(11)21-14/h6-8H,5,9,17H2,1-4H3,(H,18,19). The van der Waals surface area contributed by atoms with Gasteiger partial charge in [-0.1, -0.05) is 12.1 Å². The molecular weight excluding hydrogens is 284 g/mol. The molecule has 0 aliphatic carbocycles. The van der Waals surface area contributed by atoms with Gasteiger partial charge < -0.3 is 15.8 Å². The van der Waals surface area contributed by atoms with Gasteiger partial charge in [0.1, 0.15) is 4.88 Å². The summed E-state index contributed by atoms with van der Waals surface area (Å²) in [7, 11) is 0. The van der Waals surface area contributed by atoms with E-state index in [2.05, 4.69) is 11.4 Å². The van der Waals surface area contributed by atoms with E-state index >= 15 is 0 Å². The van der Waals surface area contributed by atoms with Crippen LogP contribution < -0.4 is 11.1 Å². The summed E-state index contributed by atoms with van der Waals surface area (Å²) < 4.78 is 6.62. The fourth-order valence-electron chi connectivity index (χ4n) is 2.21. The first kappa shape index (κ1) is 15.8. The molecule has 5 heteroatoms. The molecule has 1 amide bonds. The number of hydrogen-bond acceptors (Lipinski definition) is 4. The summed E-state index contributed by atoms with van der Waals surface area (Å²) in [6.07, 6.45) is 0. The minimum absolute atomic E-state index is 0.140. The molecule has 1 heterocycles. The Morgan fingerprint density at radius 2 is 2.14 bits per heavy atom. The fourth-order valence-corrected chi connectivity index (χ4v) is 3.35. The molecule has 0 radical (unpaired) electrons.